The first-order valence-corrected chi connectivity index (χ1v) is 6.93. The first kappa shape index (κ1) is 15.3. The minimum atomic E-state index is -1.03. The van der Waals surface area contributed by atoms with Gasteiger partial charge in [-0.2, -0.15) is 0 Å². The number of carboxylic acid groups (broad SMARTS) is 1. The predicted octanol–water partition coefficient (Wildman–Crippen LogP) is 1.89. The number of carboxylic acids is 1. The number of carbonyl (C=O) groups excluding carboxylic acids is 1. The van der Waals surface area contributed by atoms with E-state index in [2.05, 4.69) is 0 Å². The van der Waals surface area contributed by atoms with Crippen molar-refractivity contribution in [3.05, 3.63) is 35.9 Å². The molecule has 1 aliphatic heterocycles. The molecule has 1 fully saturated rings. The Morgan fingerprint density at radius 3 is 2.67 bits per heavy atom. The zero-order valence-electron chi connectivity index (χ0n) is 11.9. The van der Waals surface area contributed by atoms with E-state index in [1.165, 1.54) is 4.90 Å². The summed E-state index contributed by atoms with van der Waals surface area (Å²) in [6, 6.07) is 8.38. The minimum absolute atomic E-state index is 0.127. The molecule has 6 nitrogen and oxygen atoms in total. The van der Waals surface area contributed by atoms with Crippen LogP contribution in [0.25, 0.3) is 0 Å². The van der Waals surface area contributed by atoms with Crippen LogP contribution in [-0.4, -0.2) is 47.4 Å². The lowest BCUT2D eigenvalue weighted by molar-refractivity contribution is -0.141. The van der Waals surface area contributed by atoms with Crippen molar-refractivity contribution in [3.8, 4) is 0 Å². The topological polar surface area (TPSA) is 76.1 Å². The predicted molar refractivity (Wildman–Crippen MR) is 74.8 cm³/mol. The van der Waals surface area contributed by atoms with Crippen LogP contribution >= 0.6 is 0 Å². The molecule has 0 bridgehead atoms. The smallest absolute Gasteiger partial charge is 0.410 e. The summed E-state index contributed by atoms with van der Waals surface area (Å²) in [5.41, 5.74) is 0.860. The van der Waals surface area contributed by atoms with Crippen molar-refractivity contribution in [1.29, 1.82) is 0 Å². The van der Waals surface area contributed by atoms with Gasteiger partial charge in [0.2, 0.25) is 0 Å². The number of nitrogens with zero attached hydrogens (tertiary/aromatic N) is 1. The number of carbonyl (C=O) groups is 2. The van der Waals surface area contributed by atoms with Gasteiger partial charge >= 0.3 is 12.1 Å². The molecule has 1 saturated heterocycles. The van der Waals surface area contributed by atoms with E-state index >= 15 is 0 Å². The van der Waals surface area contributed by atoms with E-state index in [9.17, 15) is 14.7 Å². The zero-order chi connectivity index (χ0) is 15.2. The van der Waals surface area contributed by atoms with E-state index in [1.807, 2.05) is 37.3 Å². The molecule has 114 valence electrons. The highest BCUT2D eigenvalue weighted by molar-refractivity contribution is 5.80. The van der Waals surface area contributed by atoms with Crippen LogP contribution in [0, 0.1) is 0 Å². The number of rotatable bonds is 5. The molecule has 1 unspecified atom stereocenters. The molecular weight excluding hydrogens is 274 g/mol. The third-order valence-electron chi connectivity index (χ3n) is 3.39. The zero-order valence-corrected chi connectivity index (χ0v) is 11.9. The number of aliphatic carboxylic acids is 1. The second-order valence-corrected chi connectivity index (χ2v) is 4.86. The Bertz CT molecular complexity index is 490. The van der Waals surface area contributed by atoms with Crippen molar-refractivity contribution >= 4 is 12.1 Å². The molecular formula is C15H19NO5. The second-order valence-electron chi connectivity index (χ2n) is 4.86. The number of amides is 1. The highest BCUT2D eigenvalue weighted by Gasteiger charge is 2.40. The molecule has 0 aliphatic carbocycles. The Kier molecular flexibility index (Phi) is 5.16. The van der Waals surface area contributed by atoms with Crippen molar-refractivity contribution in [2.75, 3.05) is 13.2 Å². The fourth-order valence-electron chi connectivity index (χ4n) is 2.39. The third kappa shape index (κ3) is 3.95. The first-order valence-electron chi connectivity index (χ1n) is 6.93. The van der Waals surface area contributed by atoms with Crippen molar-refractivity contribution in [2.24, 2.45) is 0 Å². The summed E-state index contributed by atoms with van der Waals surface area (Å²) in [5.74, 6) is -1.03. The summed E-state index contributed by atoms with van der Waals surface area (Å²) in [5, 5.41) is 9.20. The average Bonchev–Trinajstić information content (AvgIpc) is 2.90. The van der Waals surface area contributed by atoms with Gasteiger partial charge in [0.25, 0.3) is 0 Å². The van der Waals surface area contributed by atoms with E-state index in [0.29, 0.717) is 13.0 Å². The maximum atomic E-state index is 12.1. The number of likely N-dealkylation sites (tertiary alicyclic amines) is 1. The van der Waals surface area contributed by atoms with Crippen molar-refractivity contribution < 1.29 is 24.2 Å². The molecule has 1 heterocycles. The van der Waals surface area contributed by atoms with Gasteiger partial charge in [-0.25, -0.2) is 9.59 Å². The first-order chi connectivity index (χ1) is 10.1. The van der Waals surface area contributed by atoms with Gasteiger partial charge in [-0.3, -0.25) is 4.90 Å². The molecule has 1 aliphatic rings. The molecule has 1 aromatic carbocycles. The maximum absolute atomic E-state index is 12.1. The van der Waals surface area contributed by atoms with E-state index in [-0.39, 0.29) is 19.3 Å². The molecule has 1 N–H and O–H groups in total. The quantitative estimate of drug-likeness (QED) is 0.897. The summed E-state index contributed by atoms with van der Waals surface area (Å²) < 4.78 is 10.6. The molecule has 1 aromatic rings. The van der Waals surface area contributed by atoms with E-state index in [4.69, 9.17) is 9.47 Å². The van der Waals surface area contributed by atoms with Crippen molar-refractivity contribution in [3.63, 3.8) is 0 Å². The van der Waals surface area contributed by atoms with Gasteiger partial charge in [0, 0.05) is 13.0 Å². The Labute approximate surface area is 123 Å². The highest BCUT2D eigenvalue weighted by atomic mass is 16.6. The molecule has 21 heavy (non-hydrogen) atoms. The van der Waals surface area contributed by atoms with Crippen LogP contribution in [0.4, 0.5) is 4.79 Å². The summed E-state index contributed by atoms with van der Waals surface area (Å²) in [6.07, 6.45) is -0.572. The fraction of sp³-hybridized carbons (Fsp3) is 0.467. The van der Waals surface area contributed by atoms with Gasteiger partial charge in [-0.15, -0.1) is 0 Å². The van der Waals surface area contributed by atoms with Gasteiger partial charge in [0.05, 0.1) is 12.6 Å². The number of ether oxygens (including phenoxy) is 2. The van der Waals surface area contributed by atoms with Gasteiger partial charge in [-0.05, 0) is 12.5 Å². The summed E-state index contributed by atoms with van der Waals surface area (Å²) in [4.78, 5) is 24.5. The normalized spacial score (nSPS) is 21.3. The molecule has 2 rings (SSSR count). The molecule has 0 aromatic heterocycles. The highest BCUT2D eigenvalue weighted by Crippen LogP contribution is 2.22. The summed E-state index contributed by atoms with van der Waals surface area (Å²) in [6.45, 7) is 2.70. The van der Waals surface area contributed by atoms with Crippen LogP contribution in [0.2, 0.25) is 0 Å². The van der Waals surface area contributed by atoms with E-state index < -0.39 is 18.1 Å². The van der Waals surface area contributed by atoms with E-state index in [1.54, 1.807) is 0 Å². The minimum Gasteiger partial charge on any atom is -0.480 e. The van der Waals surface area contributed by atoms with Crippen LogP contribution < -0.4 is 0 Å². The molecule has 0 spiro atoms. The Hall–Kier alpha value is -2.08. The van der Waals surface area contributed by atoms with Gasteiger partial charge in [0.15, 0.2) is 0 Å². The molecule has 6 heteroatoms. The SMILES string of the molecule is CCO[C@@H]1CC(C(=O)O)N(C(=O)OCc2ccccc2)C1. The molecule has 2 atom stereocenters. The molecule has 0 radical (unpaired) electrons. The Balaban J connectivity index is 1.94. The average molecular weight is 293 g/mol. The second kappa shape index (κ2) is 7.08. The van der Waals surface area contributed by atoms with Crippen LogP contribution in [0.1, 0.15) is 18.9 Å². The van der Waals surface area contributed by atoms with Crippen LogP contribution in [-0.2, 0) is 20.9 Å². The lowest BCUT2D eigenvalue weighted by Crippen LogP contribution is -2.40. The van der Waals surface area contributed by atoms with Crippen molar-refractivity contribution in [2.45, 2.75) is 32.1 Å². The monoisotopic (exact) mass is 293 g/mol. The van der Waals surface area contributed by atoms with Gasteiger partial charge in [0.1, 0.15) is 12.6 Å². The van der Waals surface area contributed by atoms with Crippen LogP contribution in [0.15, 0.2) is 30.3 Å². The largest absolute Gasteiger partial charge is 0.480 e. The maximum Gasteiger partial charge on any atom is 0.410 e. The number of hydrogen-bond acceptors (Lipinski definition) is 4. The van der Waals surface area contributed by atoms with Crippen molar-refractivity contribution in [1.82, 2.24) is 4.90 Å². The molecule has 0 saturated carbocycles. The lowest BCUT2D eigenvalue weighted by atomic mass is 10.2. The van der Waals surface area contributed by atoms with Gasteiger partial charge in [-0.1, -0.05) is 30.3 Å². The lowest BCUT2D eigenvalue weighted by Gasteiger charge is -2.20. The van der Waals surface area contributed by atoms with Crippen LogP contribution in [0.5, 0.6) is 0 Å². The summed E-state index contributed by atoms with van der Waals surface area (Å²) in [7, 11) is 0. The Morgan fingerprint density at radius 1 is 1.33 bits per heavy atom. The fourth-order valence-corrected chi connectivity index (χ4v) is 2.39. The molecule has 1 amide bonds. The summed E-state index contributed by atoms with van der Waals surface area (Å²) >= 11 is 0. The standard InChI is InChI=1S/C15H19NO5/c1-2-20-12-8-13(14(17)18)16(9-12)15(19)21-10-11-6-4-3-5-7-11/h3-7,12-13H,2,8-10H2,1H3,(H,17,18)/t12-,13?/m1/s1. The number of benzene rings is 1. The van der Waals surface area contributed by atoms with Crippen LogP contribution in [0.3, 0.4) is 0 Å². The third-order valence-corrected chi connectivity index (χ3v) is 3.39. The van der Waals surface area contributed by atoms with E-state index in [0.717, 1.165) is 5.56 Å². The van der Waals surface area contributed by atoms with Gasteiger partial charge < -0.3 is 14.6 Å². The number of hydrogen-bond donors (Lipinski definition) is 1. The Morgan fingerprint density at radius 2 is 2.05 bits per heavy atom.